The van der Waals surface area contributed by atoms with E-state index in [1.54, 1.807) is 17.4 Å². The molecule has 0 radical (unpaired) electrons. The monoisotopic (exact) mass is 415 g/mol. The van der Waals surface area contributed by atoms with Crippen LogP contribution in [0.5, 0.6) is 0 Å². The van der Waals surface area contributed by atoms with Crippen LogP contribution in [0.1, 0.15) is 6.92 Å². The van der Waals surface area contributed by atoms with Crippen molar-refractivity contribution in [2.75, 3.05) is 36.8 Å². The van der Waals surface area contributed by atoms with Crippen molar-refractivity contribution < 1.29 is 8.42 Å². The predicted octanol–water partition coefficient (Wildman–Crippen LogP) is 1.81. The number of piperazine rings is 1. The molecule has 1 aliphatic heterocycles. The van der Waals surface area contributed by atoms with E-state index in [4.69, 9.17) is 11.6 Å². The molecular formula is C11H15ClIN3O2S. The highest BCUT2D eigenvalue weighted by Gasteiger charge is 2.26. The Hall–Kier alpha value is -0.120. The summed E-state index contributed by atoms with van der Waals surface area (Å²) in [4.78, 5) is 6.18. The van der Waals surface area contributed by atoms with Crippen LogP contribution in [0, 0.1) is 3.57 Å². The maximum Gasteiger partial charge on any atom is 0.213 e. The second-order valence-electron chi connectivity index (χ2n) is 4.25. The molecule has 2 rings (SSSR count). The predicted molar refractivity (Wildman–Crippen MR) is 85.2 cm³/mol. The summed E-state index contributed by atoms with van der Waals surface area (Å²) in [5.74, 6) is 0.158. The molecule has 19 heavy (non-hydrogen) atoms. The molecule has 1 fully saturated rings. The van der Waals surface area contributed by atoms with E-state index in [-0.39, 0.29) is 5.75 Å². The number of rotatable bonds is 3. The fourth-order valence-corrected chi connectivity index (χ4v) is 3.91. The van der Waals surface area contributed by atoms with Crippen molar-refractivity contribution in [2.45, 2.75) is 6.92 Å². The Balaban J connectivity index is 2.10. The van der Waals surface area contributed by atoms with E-state index in [1.165, 1.54) is 0 Å². The number of pyridine rings is 1. The zero-order chi connectivity index (χ0) is 14.0. The van der Waals surface area contributed by atoms with Gasteiger partial charge in [0.15, 0.2) is 0 Å². The van der Waals surface area contributed by atoms with Crippen LogP contribution in [0.3, 0.4) is 0 Å². The Morgan fingerprint density at radius 1 is 1.37 bits per heavy atom. The Morgan fingerprint density at radius 2 is 2.00 bits per heavy atom. The SMILES string of the molecule is CCS(=O)(=O)N1CCN(c2cc(Cl)ncc2I)CC1. The molecule has 1 aromatic rings. The standard InChI is InChI=1S/C11H15ClIN3O2S/c1-2-19(17,18)16-5-3-15(4-6-16)10-7-11(12)14-8-9(10)13/h7-8H,2-6H2,1H3. The highest BCUT2D eigenvalue weighted by atomic mass is 127. The Morgan fingerprint density at radius 3 is 2.58 bits per heavy atom. The summed E-state index contributed by atoms with van der Waals surface area (Å²) in [6.07, 6.45) is 1.73. The summed E-state index contributed by atoms with van der Waals surface area (Å²) in [6, 6.07) is 1.83. The Kier molecular flexibility index (Phi) is 4.91. The summed E-state index contributed by atoms with van der Waals surface area (Å²) >= 11 is 8.13. The first-order chi connectivity index (χ1) is 8.94. The van der Waals surface area contributed by atoms with Gasteiger partial charge in [-0.25, -0.2) is 13.4 Å². The van der Waals surface area contributed by atoms with Crippen molar-refractivity contribution >= 4 is 49.9 Å². The largest absolute Gasteiger partial charge is 0.368 e. The van der Waals surface area contributed by atoms with E-state index in [0.29, 0.717) is 31.3 Å². The first-order valence-corrected chi connectivity index (χ1v) is 9.04. The average molecular weight is 416 g/mol. The molecule has 0 N–H and O–H groups in total. The summed E-state index contributed by atoms with van der Waals surface area (Å²) in [6.45, 7) is 4.07. The van der Waals surface area contributed by atoms with Gasteiger partial charge in [-0.2, -0.15) is 4.31 Å². The highest BCUT2D eigenvalue weighted by Crippen LogP contribution is 2.26. The molecule has 2 heterocycles. The molecule has 0 spiro atoms. The fourth-order valence-electron chi connectivity index (χ4n) is 2.04. The van der Waals surface area contributed by atoms with Gasteiger partial charge in [0.25, 0.3) is 0 Å². The van der Waals surface area contributed by atoms with Gasteiger partial charge < -0.3 is 4.90 Å². The molecular weight excluding hydrogens is 401 g/mol. The topological polar surface area (TPSA) is 53.5 Å². The van der Waals surface area contributed by atoms with Gasteiger partial charge in [0.05, 0.1) is 15.0 Å². The number of sulfonamides is 1. The Bertz CT molecular complexity index is 559. The maximum absolute atomic E-state index is 11.8. The van der Waals surface area contributed by atoms with Gasteiger partial charge in [-0.05, 0) is 35.6 Å². The number of hydrogen-bond donors (Lipinski definition) is 0. The summed E-state index contributed by atoms with van der Waals surface area (Å²) in [5, 5.41) is 0.457. The molecule has 0 saturated carbocycles. The molecule has 0 aromatic carbocycles. The van der Waals surface area contributed by atoms with Crippen LogP contribution in [0.15, 0.2) is 12.3 Å². The van der Waals surface area contributed by atoms with Crippen LogP contribution >= 0.6 is 34.2 Å². The maximum atomic E-state index is 11.8. The first kappa shape index (κ1) is 15.3. The van der Waals surface area contributed by atoms with E-state index in [1.807, 2.05) is 6.07 Å². The number of nitrogens with zero attached hydrogens (tertiary/aromatic N) is 3. The average Bonchev–Trinajstić information content (AvgIpc) is 2.42. The third kappa shape index (κ3) is 3.50. The minimum atomic E-state index is -3.08. The van der Waals surface area contributed by atoms with Gasteiger partial charge in [0, 0.05) is 32.4 Å². The van der Waals surface area contributed by atoms with Crippen LogP contribution in [0.25, 0.3) is 0 Å². The number of aromatic nitrogens is 1. The highest BCUT2D eigenvalue weighted by molar-refractivity contribution is 14.1. The molecule has 1 aliphatic rings. The van der Waals surface area contributed by atoms with E-state index < -0.39 is 10.0 Å². The van der Waals surface area contributed by atoms with Gasteiger partial charge in [0.1, 0.15) is 5.15 Å². The lowest BCUT2D eigenvalue weighted by Gasteiger charge is -2.35. The van der Waals surface area contributed by atoms with Crippen molar-refractivity contribution in [2.24, 2.45) is 0 Å². The minimum Gasteiger partial charge on any atom is -0.368 e. The lowest BCUT2D eigenvalue weighted by molar-refractivity contribution is 0.385. The number of anilines is 1. The molecule has 0 amide bonds. The quantitative estimate of drug-likeness (QED) is 0.558. The van der Waals surface area contributed by atoms with E-state index in [9.17, 15) is 8.42 Å². The van der Waals surface area contributed by atoms with Crippen molar-refractivity contribution in [1.82, 2.24) is 9.29 Å². The fraction of sp³-hybridized carbons (Fsp3) is 0.545. The van der Waals surface area contributed by atoms with Crippen molar-refractivity contribution in [3.63, 3.8) is 0 Å². The van der Waals surface area contributed by atoms with Crippen LogP contribution in [-0.2, 0) is 10.0 Å². The van der Waals surface area contributed by atoms with Gasteiger partial charge in [-0.15, -0.1) is 0 Å². The number of halogens is 2. The summed E-state index contributed by atoms with van der Waals surface area (Å²) < 4.78 is 26.2. The lowest BCUT2D eigenvalue weighted by Crippen LogP contribution is -2.49. The molecule has 0 bridgehead atoms. The van der Waals surface area contributed by atoms with Gasteiger partial charge in [-0.3, -0.25) is 0 Å². The van der Waals surface area contributed by atoms with Gasteiger partial charge in [0.2, 0.25) is 10.0 Å². The second-order valence-corrected chi connectivity index (χ2v) is 8.05. The molecule has 0 aliphatic carbocycles. The van der Waals surface area contributed by atoms with Crippen molar-refractivity contribution in [3.05, 3.63) is 21.0 Å². The second kappa shape index (κ2) is 6.11. The van der Waals surface area contributed by atoms with E-state index in [0.717, 1.165) is 9.26 Å². The van der Waals surface area contributed by atoms with Crippen LogP contribution < -0.4 is 4.90 Å². The zero-order valence-electron chi connectivity index (χ0n) is 10.5. The van der Waals surface area contributed by atoms with Gasteiger partial charge >= 0.3 is 0 Å². The first-order valence-electron chi connectivity index (χ1n) is 5.98. The molecule has 1 saturated heterocycles. The third-order valence-electron chi connectivity index (χ3n) is 3.14. The summed E-state index contributed by atoms with van der Waals surface area (Å²) in [5.41, 5.74) is 1.02. The molecule has 0 atom stereocenters. The number of hydrogen-bond acceptors (Lipinski definition) is 4. The van der Waals surface area contributed by atoms with Crippen LogP contribution in [0.4, 0.5) is 5.69 Å². The Labute approximate surface area is 132 Å². The van der Waals surface area contributed by atoms with Crippen molar-refractivity contribution in [1.29, 1.82) is 0 Å². The lowest BCUT2D eigenvalue weighted by atomic mass is 10.3. The van der Waals surface area contributed by atoms with E-state index in [2.05, 4.69) is 32.5 Å². The molecule has 0 unspecified atom stereocenters. The van der Waals surface area contributed by atoms with Crippen LogP contribution in [0.2, 0.25) is 5.15 Å². The minimum absolute atomic E-state index is 0.158. The third-order valence-corrected chi connectivity index (χ3v) is 6.06. The van der Waals surface area contributed by atoms with Gasteiger partial charge in [-0.1, -0.05) is 11.6 Å². The molecule has 5 nitrogen and oxygen atoms in total. The normalized spacial score (nSPS) is 17.7. The van der Waals surface area contributed by atoms with Crippen molar-refractivity contribution in [3.8, 4) is 0 Å². The van der Waals surface area contributed by atoms with E-state index >= 15 is 0 Å². The molecule has 106 valence electrons. The molecule has 8 heteroatoms. The smallest absolute Gasteiger partial charge is 0.213 e. The summed E-state index contributed by atoms with van der Waals surface area (Å²) in [7, 11) is -3.08. The zero-order valence-corrected chi connectivity index (χ0v) is 14.2. The molecule has 1 aromatic heterocycles. The van der Waals surface area contributed by atoms with Crippen LogP contribution in [-0.4, -0.2) is 49.6 Å².